The maximum atomic E-state index is 11.9. The largest absolute Gasteiger partial charge is 0.479 e. The topological polar surface area (TPSA) is 104 Å². The Kier molecular flexibility index (Phi) is 7.39. The fraction of sp³-hybridized carbons (Fsp3) is 0.909. The summed E-state index contributed by atoms with van der Waals surface area (Å²) >= 11 is 0. The van der Waals surface area contributed by atoms with Crippen LogP contribution in [0, 0.1) is 10.8 Å². The van der Waals surface area contributed by atoms with Crippen molar-refractivity contribution in [3.63, 3.8) is 0 Å². The van der Waals surface area contributed by atoms with E-state index in [9.17, 15) is 19.8 Å². The van der Waals surface area contributed by atoms with Crippen molar-refractivity contribution in [2.24, 2.45) is 10.8 Å². The molecule has 2 rings (SSSR count). The smallest absolute Gasteiger partial charge is 0.338 e. The van der Waals surface area contributed by atoms with Gasteiger partial charge in [-0.3, -0.25) is 0 Å². The number of ether oxygens (including phenoxy) is 1. The van der Waals surface area contributed by atoms with Gasteiger partial charge >= 0.3 is 11.9 Å². The molecule has 0 heterocycles. The van der Waals surface area contributed by atoms with Gasteiger partial charge in [-0.1, -0.05) is 27.7 Å². The van der Waals surface area contributed by atoms with Crippen molar-refractivity contribution in [3.8, 4) is 0 Å². The van der Waals surface area contributed by atoms with E-state index in [2.05, 4.69) is 27.7 Å². The number of aliphatic hydroxyl groups is 2. The second-order valence-electron chi connectivity index (χ2n) is 11.2. The van der Waals surface area contributed by atoms with Crippen LogP contribution in [0.25, 0.3) is 0 Å². The average Bonchev–Trinajstić information content (AvgIpc) is 2.52. The van der Waals surface area contributed by atoms with Gasteiger partial charge in [0.25, 0.3) is 0 Å². The second kappa shape index (κ2) is 8.31. The van der Waals surface area contributed by atoms with E-state index in [0.717, 1.165) is 25.7 Å². The first-order valence-corrected chi connectivity index (χ1v) is 10.3. The van der Waals surface area contributed by atoms with Crippen LogP contribution in [0.1, 0.15) is 99.8 Å². The standard InChI is InChI=1S/C13H24O3.C9H16O3/c1-11(2,3)16-10(14)13(15)8-6-12(4,5)7-9-13;1-8(2)3-5-9(12,6-4-8)7(10)11/h15H,6-9H2,1-5H3;12H,3-6H2,1-2H3,(H,10,11). The van der Waals surface area contributed by atoms with Gasteiger partial charge in [0, 0.05) is 0 Å². The Morgan fingerprint density at radius 1 is 0.714 bits per heavy atom. The van der Waals surface area contributed by atoms with Crippen molar-refractivity contribution >= 4 is 11.9 Å². The highest BCUT2D eigenvalue weighted by atomic mass is 16.6. The summed E-state index contributed by atoms with van der Waals surface area (Å²) in [7, 11) is 0. The van der Waals surface area contributed by atoms with Gasteiger partial charge in [-0.2, -0.15) is 0 Å². The summed E-state index contributed by atoms with van der Waals surface area (Å²) < 4.78 is 5.26. The molecule has 0 unspecified atom stereocenters. The molecule has 2 saturated carbocycles. The second-order valence-corrected chi connectivity index (χ2v) is 11.2. The summed E-state index contributed by atoms with van der Waals surface area (Å²) in [5.74, 6) is -1.53. The van der Waals surface area contributed by atoms with E-state index in [0.29, 0.717) is 25.7 Å². The lowest BCUT2D eigenvalue weighted by Gasteiger charge is -2.39. The third-order valence-corrected chi connectivity index (χ3v) is 6.04. The minimum Gasteiger partial charge on any atom is -0.479 e. The lowest BCUT2D eigenvalue weighted by molar-refractivity contribution is -0.182. The average molecular weight is 401 g/mol. The van der Waals surface area contributed by atoms with Crippen LogP contribution in [0.4, 0.5) is 0 Å². The van der Waals surface area contributed by atoms with Gasteiger partial charge in [0.15, 0.2) is 11.2 Å². The summed E-state index contributed by atoms with van der Waals surface area (Å²) in [6.07, 6.45) is 5.09. The van der Waals surface area contributed by atoms with Gasteiger partial charge < -0.3 is 20.1 Å². The Hall–Kier alpha value is -1.14. The monoisotopic (exact) mass is 400 g/mol. The van der Waals surface area contributed by atoms with Crippen LogP contribution < -0.4 is 0 Å². The Labute approximate surface area is 169 Å². The highest BCUT2D eigenvalue weighted by Gasteiger charge is 2.45. The first-order valence-electron chi connectivity index (χ1n) is 10.3. The number of esters is 1. The molecule has 2 fully saturated rings. The summed E-state index contributed by atoms with van der Waals surface area (Å²) in [4.78, 5) is 22.5. The molecule has 28 heavy (non-hydrogen) atoms. The molecule has 164 valence electrons. The van der Waals surface area contributed by atoms with Gasteiger partial charge in [-0.05, 0) is 83.0 Å². The fourth-order valence-corrected chi connectivity index (χ4v) is 3.47. The first kappa shape index (κ1) is 24.9. The first-order chi connectivity index (χ1) is 12.4. The molecule has 0 saturated heterocycles. The summed E-state index contributed by atoms with van der Waals surface area (Å²) in [6.45, 7) is 14.0. The zero-order valence-electron chi connectivity index (χ0n) is 18.7. The summed E-state index contributed by atoms with van der Waals surface area (Å²) in [5, 5.41) is 28.6. The van der Waals surface area contributed by atoms with Gasteiger partial charge in [-0.25, -0.2) is 9.59 Å². The predicted molar refractivity (Wildman–Crippen MR) is 108 cm³/mol. The molecular weight excluding hydrogens is 360 g/mol. The molecular formula is C22H40O6. The van der Waals surface area contributed by atoms with E-state index in [1.807, 2.05) is 20.8 Å². The lowest BCUT2D eigenvalue weighted by atomic mass is 9.71. The lowest BCUT2D eigenvalue weighted by Crippen LogP contribution is -2.47. The summed E-state index contributed by atoms with van der Waals surface area (Å²) in [5.41, 5.74) is -2.81. The third kappa shape index (κ3) is 7.36. The zero-order valence-corrected chi connectivity index (χ0v) is 18.7. The van der Waals surface area contributed by atoms with E-state index in [4.69, 9.17) is 9.84 Å². The molecule has 6 heteroatoms. The Bertz CT molecular complexity index is 550. The van der Waals surface area contributed by atoms with Crippen molar-refractivity contribution < 1.29 is 29.6 Å². The van der Waals surface area contributed by atoms with E-state index >= 15 is 0 Å². The molecule has 3 N–H and O–H groups in total. The van der Waals surface area contributed by atoms with Crippen molar-refractivity contribution in [2.75, 3.05) is 0 Å². The van der Waals surface area contributed by atoms with Crippen molar-refractivity contribution in [1.29, 1.82) is 0 Å². The van der Waals surface area contributed by atoms with Crippen molar-refractivity contribution in [3.05, 3.63) is 0 Å². The number of carboxylic acid groups (broad SMARTS) is 1. The highest BCUT2D eigenvalue weighted by Crippen LogP contribution is 2.41. The fourth-order valence-electron chi connectivity index (χ4n) is 3.47. The molecule has 2 aliphatic rings. The van der Waals surface area contributed by atoms with Crippen LogP contribution in [0.3, 0.4) is 0 Å². The van der Waals surface area contributed by atoms with Crippen LogP contribution in [0.15, 0.2) is 0 Å². The normalized spacial score (nSPS) is 25.0. The highest BCUT2D eigenvalue weighted by molar-refractivity contribution is 5.79. The number of carbonyl (C=O) groups is 2. The SMILES string of the molecule is CC1(C)CCC(O)(C(=O)O)CC1.CC1(C)CCC(O)(C(=O)OC(C)(C)C)CC1. The van der Waals surface area contributed by atoms with E-state index < -0.39 is 28.7 Å². The molecule has 0 aromatic heterocycles. The molecule has 0 amide bonds. The molecule has 6 nitrogen and oxygen atoms in total. The maximum absolute atomic E-state index is 11.9. The van der Waals surface area contributed by atoms with Gasteiger partial charge in [0.2, 0.25) is 0 Å². The molecule has 0 aliphatic heterocycles. The summed E-state index contributed by atoms with van der Waals surface area (Å²) in [6, 6.07) is 0. The van der Waals surface area contributed by atoms with Gasteiger partial charge in [-0.15, -0.1) is 0 Å². The molecule has 0 spiro atoms. The van der Waals surface area contributed by atoms with Crippen LogP contribution in [0.5, 0.6) is 0 Å². The van der Waals surface area contributed by atoms with E-state index in [1.54, 1.807) is 0 Å². The van der Waals surface area contributed by atoms with Crippen molar-refractivity contribution in [1.82, 2.24) is 0 Å². The van der Waals surface area contributed by atoms with Crippen LogP contribution in [-0.2, 0) is 14.3 Å². The van der Waals surface area contributed by atoms with Gasteiger partial charge in [0.1, 0.15) is 5.60 Å². The van der Waals surface area contributed by atoms with E-state index in [1.165, 1.54) is 0 Å². The zero-order chi connectivity index (χ0) is 22.0. The number of aliphatic carboxylic acids is 1. The molecule has 0 bridgehead atoms. The number of carboxylic acids is 1. The Morgan fingerprint density at radius 3 is 1.32 bits per heavy atom. The molecule has 0 aromatic carbocycles. The Balaban J connectivity index is 0.000000292. The minimum atomic E-state index is -1.45. The molecule has 2 aliphatic carbocycles. The number of carbonyl (C=O) groups excluding carboxylic acids is 1. The Morgan fingerprint density at radius 2 is 1.04 bits per heavy atom. The number of hydrogen-bond donors (Lipinski definition) is 3. The minimum absolute atomic E-state index is 0.196. The van der Waals surface area contributed by atoms with E-state index in [-0.39, 0.29) is 10.8 Å². The van der Waals surface area contributed by atoms with Crippen LogP contribution in [0.2, 0.25) is 0 Å². The predicted octanol–water partition coefficient (Wildman–Crippen LogP) is 4.06. The molecule has 0 atom stereocenters. The third-order valence-electron chi connectivity index (χ3n) is 6.04. The quantitative estimate of drug-likeness (QED) is 0.604. The van der Waals surface area contributed by atoms with Crippen LogP contribution in [-0.4, -0.2) is 44.1 Å². The number of rotatable bonds is 2. The molecule has 0 aromatic rings. The molecule has 0 radical (unpaired) electrons. The number of hydrogen-bond acceptors (Lipinski definition) is 5. The maximum Gasteiger partial charge on any atom is 0.338 e. The van der Waals surface area contributed by atoms with Gasteiger partial charge in [0.05, 0.1) is 0 Å². The van der Waals surface area contributed by atoms with Crippen LogP contribution >= 0.6 is 0 Å². The van der Waals surface area contributed by atoms with Crippen molar-refractivity contribution in [2.45, 2.75) is 117 Å².